The molecule has 0 spiro atoms. The molecule has 28 heavy (non-hydrogen) atoms. The molecule has 0 saturated carbocycles. The molecule has 2 heterocycles. The third-order valence-corrected chi connectivity index (χ3v) is 7.21. The lowest BCUT2D eigenvalue weighted by molar-refractivity contribution is 0.411. The van der Waals surface area contributed by atoms with Crippen LogP contribution in [0.5, 0.6) is 5.75 Å². The molecule has 146 valence electrons. The van der Waals surface area contributed by atoms with E-state index in [0.717, 1.165) is 34.3 Å². The summed E-state index contributed by atoms with van der Waals surface area (Å²) in [6.45, 7) is 4.51. The van der Waals surface area contributed by atoms with E-state index in [4.69, 9.17) is 4.74 Å². The Bertz CT molecular complexity index is 1130. The lowest BCUT2D eigenvalue weighted by Crippen LogP contribution is -2.15. The summed E-state index contributed by atoms with van der Waals surface area (Å²) in [6.07, 6.45) is 1.98. The van der Waals surface area contributed by atoms with Crippen molar-refractivity contribution in [2.45, 2.75) is 30.4 Å². The fourth-order valence-electron chi connectivity index (χ4n) is 3.31. The van der Waals surface area contributed by atoms with Gasteiger partial charge in [-0.25, -0.2) is 13.4 Å². The van der Waals surface area contributed by atoms with Crippen LogP contribution in [0.15, 0.2) is 52.6 Å². The Morgan fingerprint density at radius 2 is 1.96 bits per heavy atom. The monoisotopic (exact) mass is 415 g/mol. The van der Waals surface area contributed by atoms with E-state index in [9.17, 15) is 8.42 Å². The summed E-state index contributed by atoms with van der Waals surface area (Å²) in [7, 11) is -2.19. The number of hydrogen-bond acceptors (Lipinski definition) is 5. The topological polar surface area (TPSA) is 73.2 Å². The molecule has 6 nitrogen and oxygen atoms in total. The van der Waals surface area contributed by atoms with Crippen molar-refractivity contribution in [2.75, 3.05) is 17.6 Å². The smallest absolute Gasteiger partial charge is 0.262 e. The first kappa shape index (κ1) is 18.9. The van der Waals surface area contributed by atoms with Gasteiger partial charge in [0.15, 0.2) is 5.16 Å². The number of benzene rings is 2. The second kappa shape index (κ2) is 7.18. The van der Waals surface area contributed by atoms with Crippen molar-refractivity contribution < 1.29 is 13.2 Å². The second-order valence-corrected chi connectivity index (χ2v) is 9.40. The summed E-state index contributed by atoms with van der Waals surface area (Å²) in [5.74, 6) is 1.69. The predicted molar refractivity (Wildman–Crippen MR) is 112 cm³/mol. The number of aromatic nitrogens is 2. The number of aryl methyl sites for hydroxylation is 3. The van der Waals surface area contributed by atoms with Crippen LogP contribution in [0.25, 0.3) is 11.3 Å². The van der Waals surface area contributed by atoms with E-state index >= 15 is 0 Å². The Balaban J connectivity index is 1.72. The third-order valence-electron chi connectivity index (χ3n) is 4.73. The van der Waals surface area contributed by atoms with Gasteiger partial charge >= 0.3 is 0 Å². The fourth-order valence-corrected chi connectivity index (χ4v) is 5.64. The largest absolute Gasteiger partial charge is 0.496 e. The molecule has 0 radical (unpaired) electrons. The first-order valence-electron chi connectivity index (χ1n) is 8.86. The maximum Gasteiger partial charge on any atom is 0.262 e. The Labute approximate surface area is 169 Å². The summed E-state index contributed by atoms with van der Waals surface area (Å²) in [5, 5.41) is 0.967. The van der Waals surface area contributed by atoms with Crippen LogP contribution < -0.4 is 9.46 Å². The highest BCUT2D eigenvalue weighted by molar-refractivity contribution is 7.99. The van der Waals surface area contributed by atoms with Gasteiger partial charge in [0.05, 0.1) is 23.4 Å². The number of thioether (sulfide) groups is 1. The van der Waals surface area contributed by atoms with Crippen LogP contribution >= 0.6 is 11.8 Å². The molecule has 0 amide bonds. The van der Waals surface area contributed by atoms with Crippen LogP contribution in [-0.2, 0) is 16.6 Å². The van der Waals surface area contributed by atoms with Gasteiger partial charge in [0, 0.05) is 24.1 Å². The molecule has 1 aliphatic rings. The summed E-state index contributed by atoms with van der Waals surface area (Å²) in [5.41, 5.74) is 3.44. The van der Waals surface area contributed by atoms with Gasteiger partial charge in [0.2, 0.25) is 0 Å². The number of hydrogen-bond donors (Lipinski definition) is 1. The van der Waals surface area contributed by atoms with Crippen LogP contribution in [0.1, 0.15) is 11.1 Å². The summed E-state index contributed by atoms with van der Waals surface area (Å²) < 4.78 is 36.4. The number of sulfonamides is 1. The minimum absolute atomic E-state index is 0.239. The molecule has 0 fully saturated rings. The third kappa shape index (κ3) is 3.38. The number of anilines is 1. The first-order valence-corrected chi connectivity index (χ1v) is 11.3. The maximum absolute atomic E-state index is 13.1. The molecule has 8 heteroatoms. The molecule has 1 aliphatic heterocycles. The number of rotatable bonds is 5. The Kier molecular flexibility index (Phi) is 4.84. The number of nitrogens with one attached hydrogen (secondary N) is 1. The molecule has 0 atom stereocenters. The molecular formula is C20H21N3O3S2. The highest BCUT2D eigenvalue weighted by Crippen LogP contribution is 2.34. The average Bonchev–Trinajstić information content (AvgIpc) is 3.25. The number of methoxy groups -OCH3 is 1. The molecule has 0 saturated heterocycles. The van der Waals surface area contributed by atoms with E-state index in [1.54, 1.807) is 44.0 Å². The van der Waals surface area contributed by atoms with Gasteiger partial charge in [-0.2, -0.15) is 0 Å². The van der Waals surface area contributed by atoms with Crippen LogP contribution in [0, 0.1) is 13.8 Å². The first-order chi connectivity index (χ1) is 13.4. The summed E-state index contributed by atoms with van der Waals surface area (Å²) >= 11 is 1.71. The van der Waals surface area contributed by atoms with Crippen molar-refractivity contribution >= 4 is 27.5 Å². The number of fused-ring (bicyclic) bond motifs is 1. The Morgan fingerprint density at radius 3 is 2.71 bits per heavy atom. The van der Waals surface area contributed by atoms with E-state index in [-0.39, 0.29) is 4.90 Å². The van der Waals surface area contributed by atoms with Crippen molar-refractivity contribution in [1.29, 1.82) is 0 Å². The van der Waals surface area contributed by atoms with Gasteiger partial charge in [-0.1, -0.05) is 30.0 Å². The Morgan fingerprint density at radius 1 is 1.18 bits per heavy atom. The molecule has 1 aromatic heterocycles. The zero-order chi connectivity index (χ0) is 19.9. The number of para-hydroxylation sites is 1. The van der Waals surface area contributed by atoms with Gasteiger partial charge in [-0.05, 0) is 43.2 Å². The number of nitrogens with zero attached hydrogens (tertiary/aromatic N) is 2. The van der Waals surface area contributed by atoms with Gasteiger partial charge in [0.1, 0.15) is 5.75 Å². The minimum atomic E-state index is -3.76. The normalized spacial score (nSPS) is 13.4. The molecule has 0 aliphatic carbocycles. The molecule has 0 unspecified atom stereocenters. The van der Waals surface area contributed by atoms with E-state index < -0.39 is 10.0 Å². The average molecular weight is 416 g/mol. The van der Waals surface area contributed by atoms with Crippen molar-refractivity contribution in [3.8, 4) is 17.0 Å². The zero-order valence-electron chi connectivity index (χ0n) is 15.9. The lowest BCUT2D eigenvalue weighted by atomic mass is 10.1. The van der Waals surface area contributed by atoms with Crippen molar-refractivity contribution in [1.82, 2.24) is 9.55 Å². The van der Waals surface area contributed by atoms with Crippen LogP contribution in [0.3, 0.4) is 0 Å². The van der Waals surface area contributed by atoms with E-state index in [1.807, 2.05) is 31.3 Å². The van der Waals surface area contributed by atoms with E-state index in [1.165, 1.54) is 0 Å². The van der Waals surface area contributed by atoms with Gasteiger partial charge in [-0.15, -0.1) is 0 Å². The molecule has 2 aromatic carbocycles. The number of imidazole rings is 1. The van der Waals surface area contributed by atoms with Gasteiger partial charge in [0.25, 0.3) is 10.0 Å². The van der Waals surface area contributed by atoms with Crippen LogP contribution in [-0.4, -0.2) is 30.8 Å². The van der Waals surface area contributed by atoms with E-state index in [2.05, 4.69) is 14.3 Å². The standard InChI is InChI=1S/C20H21N3O3S2/c1-13-11-19(14(2)10-18(13)26-3)28(24,25)22-16-7-5-4-6-15(16)17-12-23-8-9-27-20(23)21-17/h4-7,10-12,22H,8-9H2,1-3H3. The van der Waals surface area contributed by atoms with Gasteiger partial charge in [-0.3, -0.25) is 4.72 Å². The second-order valence-electron chi connectivity index (χ2n) is 6.69. The SMILES string of the molecule is COc1cc(C)c(S(=O)(=O)Nc2ccccc2-c2cn3c(n2)SCC3)cc1C. The quantitative estimate of drug-likeness (QED) is 0.680. The zero-order valence-corrected chi connectivity index (χ0v) is 17.5. The number of ether oxygens (including phenoxy) is 1. The van der Waals surface area contributed by atoms with Crippen LogP contribution in [0.4, 0.5) is 5.69 Å². The van der Waals surface area contributed by atoms with Crippen LogP contribution in [0.2, 0.25) is 0 Å². The molecule has 0 bridgehead atoms. The molecule has 4 rings (SSSR count). The molecular weight excluding hydrogens is 394 g/mol. The van der Waals surface area contributed by atoms with Crippen molar-refractivity contribution in [3.63, 3.8) is 0 Å². The highest BCUT2D eigenvalue weighted by Gasteiger charge is 2.22. The van der Waals surface area contributed by atoms with Crippen molar-refractivity contribution in [2.24, 2.45) is 0 Å². The van der Waals surface area contributed by atoms with Gasteiger partial charge < -0.3 is 9.30 Å². The fraction of sp³-hybridized carbons (Fsp3) is 0.250. The predicted octanol–water partition coefficient (Wildman–Crippen LogP) is 4.08. The summed E-state index contributed by atoms with van der Waals surface area (Å²) in [6, 6.07) is 10.7. The van der Waals surface area contributed by atoms with Crippen molar-refractivity contribution in [3.05, 3.63) is 53.7 Å². The Hall–Kier alpha value is -2.45. The molecule has 1 N–H and O–H groups in total. The summed E-state index contributed by atoms with van der Waals surface area (Å²) in [4.78, 5) is 4.89. The van der Waals surface area contributed by atoms with E-state index in [0.29, 0.717) is 17.0 Å². The highest BCUT2D eigenvalue weighted by atomic mass is 32.2. The minimum Gasteiger partial charge on any atom is -0.496 e. The maximum atomic E-state index is 13.1. The lowest BCUT2D eigenvalue weighted by Gasteiger charge is -2.15. The molecule has 3 aromatic rings.